The van der Waals surface area contributed by atoms with Crippen molar-refractivity contribution in [2.24, 2.45) is 0 Å². The van der Waals surface area contributed by atoms with Crippen LogP contribution in [0.4, 0.5) is 0 Å². The van der Waals surface area contributed by atoms with Gasteiger partial charge in [0.2, 0.25) is 0 Å². The van der Waals surface area contributed by atoms with Gasteiger partial charge in [0.1, 0.15) is 0 Å². The van der Waals surface area contributed by atoms with Crippen LogP contribution in [0.5, 0.6) is 0 Å². The third-order valence-electron chi connectivity index (χ3n) is 2.47. The normalized spacial score (nSPS) is 10.1. The molecule has 0 spiro atoms. The molecule has 1 aromatic carbocycles. The topological polar surface area (TPSA) is 29.1 Å². The Morgan fingerprint density at radius 3 is 2.67 bits per heavy atom. The molecule has 0 aliphatic heterocycles. The van der Waals surface area contributed by atoms with Gasteiger partial charge in [0.05, 0.1) is 0 Å². The van der Waals surface area contributed by atoms with Crippen molar-refractivity contribution >= 4 is 5.91 Å². The quantitative estimate of drug-likeness (QED) is 0.804. The molecule has 0 aliphatic rings. The van der Waals surface area contributed by atoms with Crippen LogP contribution in [0.1, 0.15) is 41.8 Å². The molecule has 1 rings (SSSR count). The predicted octanol–water partition coefficient (Wildman–Crippen LogP) is 2.70. The summed E-state index contributed by atoms with van der Waals surface area (Å²) in [7, 11) is 0. The van der Waals surface area contributed by atoms with Gasteiger partial charge in [0.25, 0.3) is 5.91 Å². The second-order valence-electron chi connectivity index (χ2n) is 3.75. The van der Waals surface area contributed by atoms with Gasteiger partial charge >= 0.3 is 0 Å². The van der Waals surface area contributed by atoms with E-state index in [0.717, 1.165) is 18.4 Å². The highest BCUT2D eigenvalue weighted by Gasteiger charge is 2.06. The first-order valence-corrected chi connectivity index (χ1v) is 5.56. The zero-order chi connectivity index (χ0) is 11.3. The second-order valence-corrected chi connectivity index (χ2v) is 3.75. The molecule has 0 radical (unpaired) electrons. The molecule has 0 bridgehead atoms. The smallest absolute Gasteiger partial charge is 0.251 e. The highest BCUT2D eigenvalue weighted by molar-refractivity contribution is 5.94. The van der Waals surface area contributed by atoms with Gasteiger partial charge in [-0.05, 0) is 43.5 Å². The van der Waals surface area contributed by atoms with Crippen molar-refractivity contribution in [1.82, 2.24) is 5.32 Å². The van der Waals surface area contributed by atoms with Gasteiger partial charge in [-0.15, -0.1) is 0 Å². The van der Waals surface area contributed by atoms with Gasteiger partial charge in [-0.1, -0.05) is 19.4 Å². The van der Waals surface area contributed by atoms with E-state index in [1.54, 1.807) is 0 Å². The van der Waals surface area contributed by atoms with Crippen LogP contribution in [-0.4, -0.2) is 12.5 Å². The van der Waals surface area contributed by atoms with Gasteiger partial charge in [-0.2, -0.15) is 0 Å². The van der Waals surface area contributed by atoms with Crippen LogP contribution in [0.3, 0.4) is 0 Å². The number of rotatable bonds is 4. The molecule has 1 aromatic rings. The van der Waals surface area contributed by atoms with E-state index >= 15 is 0 Å². The number of hydrogen-bond acceptors (Lipinski definition) is 1. The molecule has 0 aliphatic carbocycles. The van der Waals surface area contributed by atoms with Crippen molar-refractivity contribution in [2.45, 2.75) is 33.6 Å². The van der Waals surface area contributed by atoms with Crippen molar-refractivity contribution in [1.29, 1.82) is 0 Å². The standard InChI is InChI=1S/C13H19NO/c1-4-6-11-9-12(8-7-10(11)3)13(15)14-5-2/h7-9H,4-6H2,1-3H3,(H,14,15). The Bertz CT molecular complexity index is 344. The van der Waals surface area contributed by atoms with Gasteiger partial charge in [0, 0.05) is 12.1 Å². The third kappa shape index (κ3) is 3.08. The molecule has 2 heteroatoms. The van der Waals surface area contributed by atoms with Crippen LogP contribution < -0.4 is 5.32 Å². The maximum Gasteiger partial charge on any atom is 0.251 e. The van der Waals surface area contributed by atoms with Crippen LogP contribution in [0.15, 0.2) is 18.2 Å². The summed E-state index contributed by atoms with van der Waals surface area (Å²) in [6.45, 7) is 6.85. The molecular formula is C13H19NO. The van der Waals surface area contributed by atoms with Crippen molar-refractivity contribution in [2.75, 3.05) is 6.54 Å². The Hall–Kier alpha value is -1.31. The van der Waals surface area contributed by atoms with Crippen LogP contribution >= 0.6 is 0 Å². The van der Waals surface area contributed by atoms with E-state index in [1.165, 1.54) is 11.1 Å². The second kappa shape index (κ2) is 5.54. The number of carbonyl (C=O) groups excluding carboxylic acids is 1. The number of aryl methyl sites for hydroxylation is 2. The summed E-state index contributed by atoms with van der Waals surface area (Å²) in [5.74, 6) is 0.0230. The lowest BCUT2D eigenvalue weighted by atomic mass is 10.0. The summed E-state index contributed by atoms with van der Waals surface area (Å²) in [6, 6.07) is 5.92. The monoisotopic (exact) mass is 205 g/mol. The summed E-state index contributed by atoms with van der Waals surface area (Å²) in [5, 5.41) is 2.81. The molecule has 1 N–H and O–H groups in total. The van der Waals surface area contributed by atoms with Crippen molar-refractivity contribution in [3.8, 4) is 0 Å². The maximum absolute atomic E-state index is 11.6. The van der Waals surface area contributed by atoms with Crippen LogP contribution in [0, 0.1) is 6.92 Å². The molecule has 15 heavy (non-hydrogen) atoms. The molecule has 0 heterocycles. The highest BCUT2D eigenvalue weighted by Crippen LogP contribution is 2.13. The molecule has 0 fully saturated rings. The summed E-state index contributed by atoms with van der Waals surface area (Å²) in [6.07, 6.45) is 2.15. The highest BCUT2D eigenvalue weighted by atomic mass is 16.1. The Morgan fingerprint density at radius 1 is 1.33 bits per heavy atom. The zero-order valence-electron chi connectivity index (χ0n) is 9.76. The van der Waals surface area contributed by atoms with E-state index in [2.05, 4.69) is 19.2 Å². The Labute approximate surface area is 91.7 Å². The molecule has 0 unspecified atom stereocenters. The fourth-order valence-corrected chi connectivity index (χ4v) is 1.61. The van der Waals surface area contributed by atoms with E-state index < -0.39 is 0 Å². The molecule has 0 aromatic heterocycles. The van der Waals surface area contributed by atoms with E-state index in [1.807, 2.05) is 25.1 Å². The number of amides is 1. The van der Waals surface area contributed by atoms with Crippen LogP contribution in [-0.2, 0) is 6.42 Å². The summed E-state index contributed by atoms with van der Waals surface area (Å²) >= 11 is 0. The number of hydrogen-bond donors (Lipinski definition) is 1. The van der Waals surface area contributed by atoms with E-state index in [4.69, 9.17) is 0 Å². The maximum atomic E-state index is 11.6. The van der Waals surface area contributed by atoms with Gasteiger partial charge < -0.3 is 5.32 Å². The van der Waals surface area contributed by atoms with E-state index in [0.29, 0.717) is 6.54 Å². The van der Waals surface area contributed by atoms with Crippen molar-refractivity contribution in [3.05, 3.63) is 34.9 Å². The van der Waals surface area contributed by atoms with E-state index in [-0.39, 0.29) is 5.91 Å². The lowest BCUT2D eigenvalue weighted by Gasteiger charge is -2.07. The number of benzene rings is 1. The molecule has 82 valence electrons. The fraction of sp³-hybridized carbons (Fsp3) is 0.462. The molecule has 2 nitrogen and oxygen atoms in total. The molecule has 1 amide bonds. The SMILES string of the molecule is CCCc1cc(C(=O)NCC)ccc1C. The van der Waals surface area contributed by atoms with Crippen molar-refractivity contribution < 1.29 is 4.79 Å². The molecule has 0 saturated carbocycles. The molecule has 0 atom stereocenters. The Balaban J connectivity index is 2.91. The van der Waals surface area contributed by atoms with Gasteiger partial charge in [-0.25, -0.2) is 0 Å². The summed E-state index contributed by atoms with van der Waals surface area (Å²) in [4.78, 5) is 11.6. The largest absolute Gasteiger partial charge is 0.352 e. The van der Waals surface area contributed by atoms with Crippen LogP contribution in [0.25, 0.3) is 0 Å². The number of carbonyl (C=O) groups is 1. The lowest BCUT2D eigenvalue weighted by molar-refractivity contribution is 0.0955. The zero-order valence-corrected chi connectivity index (χ0v) is 9.76. The summed E-state index contributed by atoms with van der Waals surface area (Å²) < 4.78 is 0. The van der Waals surface area contributed by atoms with Gasteiger partial charge in [-0.3, -0.25) is 4.79 Å². The van der Waals surface area contributed by atoms with E-state index in [9.17, 15) is 4.79 Å². The lowest BCUT2D eigenvalue weighted by Crippen LogP contribution is -2.22. The average Bonchev–Trinajstić information content (AvgIpc) is 2.22. The minimum Gasteiger partial charge on any atom is -0.352 e. The first kappa shape index (κ1) is 11.8. The van der Waals surface area contributed by atoms with Crippen molar-refractivity contribution in [3.63, 3.8) is 0 Å². The summed E-state index contributed by atoms with van der Waals surface area (Å²) in [5.41, 5.74) is 3.32. The Kier molecular flexibility index (Phi) is 4.35. The van der Waals surface area contributed by atoms with Crippen LogP contribution in [0.2, 0.25) is 0 Å². The Morgan fingerprint density at radius 2 is 2.07 bits per heavy atom. The first-order valence-electron chi connectivity index (χ1n) is 5.56. The fourth-order valence-electron chi connectivity index (χ4n) is 1.61. The molecule has 0 saturated heterocycles. The average molecular weight is 205 g/mol. The number of nitrogens with one attached hydrogen (secondary N) is 1. The van der Waals surface area contributed by atoms with Gasteiger partial charge in [0.15, 0.2) is 0 Å². The third-order valence-corrected chi connectivity index (χ3v) is 2.47. The predicted molar refractivity (Wildman–Crippen MR) is 63.2 cm³/mol. The molecular weight excluding hydrogens is 186 g/mol. The first-order chi connectivity index (χ1) is 7.19. The minimum absolute atomic E-state index is 0.0230. The minimum atomic E-state index is 0.0230.